The van der Waals surface area contributed by atoms with E-state index in [0.717, 1.165) is 18.9 Å². The lowest BCUT2D eigenvalue weighted by Crippen LogP contribution is -2.52. The van der Waals surface area contributed by atoms with Gasteiger partial charge in [-0.25, -0.2) is 0 Å². The number of benzene rings is 1. The fourth-order valence-electron chi connectivity index (χ4n) is 3.45. The van der Waals surface area contributed by atoms with Gasteiger partial charge in [-0.1, -0.05) is 31.5 Å². The van der Waals surface area contributed by atoms with Crippen molar-refractivity contribution < 1.29 is 23.4 Å². The van der Waals surface area contributed by atoms with Crippen molar-refractivity contribution in [3.05, 3.63) is 35.4 Å². The van der Waals surface area contributed by atoms with Crippen LogP contribution in [0.25, 0.3) is 0 Å². The zero-order valence-electron chi connectivity index (χ0n) is 13.3. The third kappa shape index (κ3) is 4.05. The van der Waals surface area contributed by atoms with Gasteiger partial charge in [0.15, 0.2) is 0 Å². The molecule has 2 atom stereocenters. The fourth-order valence-corrected chi connectivity index (χ4v) is 3.45. The van der Waals surface area contributed by atoms with Crippen molar-refractivity contribution in [3.63, 3.8) is 0 Å². The summed E-state index contributed by atoms with van der Waals surface area (Å²) in [4.78, 5) is 1.83. The van der Waals surface area contributed by atoms with Gasteiger partial charge in [0, 0.05) is 18.5 Å². The molecule has 0 spiro atoms. The number of halogens is 3. The third-order valence-electron chi connectivity index (χ3n) is 4.84. The molecule has 2 N–H and O–H groups in total. The Morgan fingerprint density at radius 2 is 2.00 bits per heavy atom. The molecule has 2 rings (SSSR count). The lowest BCUT2D eigenvalue weighted by atomic mass is 9.73. The molecule has 0 bridgehead atoms. The molecule has 0 aromatic heterocycles. The topological polar surface area (TPSA) is 43.7 Å². The quantitative estimate of drug-likeness (QED) is 0.871. The minimum Gasteiger partial charge on any atom is -0.396 e. The van der Waals surface area contributed by atoms with E-state index in [1.54, 1.807) is 6.07 Å². The first kappa shape index (κ1) is 18.2. The van der Waals surface area contributed by atoms with Crippen LogP contribution in [0, 0.1) is 5.41 Å². The van der Waals surface area contributed by atoms with Crippen molar-refractivity contribution in [1.82, 2.24) is 4.90 Å². The highest BCUT2D eigenvalue weighted by Crippen LogP contribution is 2.37. The number of alkyl halides is 3. The van der Waals surface area contributed by atoms with Gasteiger partial charge in [-0.3, -0.25) is 4.90 Å². The highest BCUT2D eigenvalue weighted by Gasteiger charge is 2.41. The summed E-state index contributed by atoms with van der Waals surface area (Å²) in [6, 6.07) is 5.55. The van der Waals surface area contributed by atoms with Crippen molar-refractivity contribution in [2.45, 2.75) is 45.0 Å². The summed E-state index contributed by atoms with van der Waals surface area (Å²) in [6.45, 7) is 2.92. The monoisotopic (exact) mass is 331 g/mol. The molecule has 0 saturated carbocycles. The molecule has 6 heteroatoms. The molecule has 1 aromatic carbocycles. The van der Waals surface area contributed by atoms with Gasteiger partial charge in [-0.05, 0) is 31.0 Å². The zero-order valence-corrected chi connectivity index (χ0v) is 13.3. The molecule has 1 fully saturated rings. The summed E-state index contributed by atoms with van der Waals surface area (Å²) >= 11 is 0. The Morgan fingerprint density at radius 1 is 1.30 bits per heavy atom. The van der Waals surface area contributed by atoms with E-state index in [4.69, 9.17) is 0 Å². The molecule has 0 aliphatic carbocycles. The van der Waals surface area contributed by atoms with Gasteiger partial charge < -0.3 is 10.2 Å². The molecule has 0 unspecified atom stereocenters. The number of piperidine rings is 1. The maximum Gasteiger partial charge on any atom is 0.416 e. The highest BCUT2D eigenvalue weighted by atomic mass is 19.4. The Hall–Kier alpha value is -1.11. The van der Waals surface area contributed by atoms with Crippen LogP contribution in [0.4, 0.5) is 13.2 Å². The summed E-state index contributed by atoms with van der Waals surface area (Å²) < 4.78 is 39.2. The SMILES string of the molecule is CCC[C@]1(CO)CCN(Cc2ccccc2C(F)(F)F)C[C@H]1O. The Kier molecular flexibility index (Phi) is 5.70. The third-order valence-corrected chi connectivity index (χ3v) is 4.84. The number of likely N-dealkylation sites (tertiary alicyclic amines) is 1. The van der Waals surface area contributed by atoms with Crippen LogP contribution >= 0.6 is 0 Å². The van der Waals surface area contributed by atoms with E-state index in [1.165, 1.54) is 12.1 Å². The van der Waals surface area contributed by atoms with E-state index in [2.05, 4.69) is 0 Å². The molecule has 0 radical (unpaired) electrons. The number of hydrogen-bond acceptors (Lipinski definition) is 3. The lowest BCUT2D eigenvalue weighted by Gasteiger charge is -2.44. The molecular formula is C17H24F3NO2. The summed E-state index contributed by atoms with van der Waals surface area (Å²) in [5, 5.41) is 20.0. The number of aliphatic hydroxyl groups excluding tert-OH is 2. The van der Waals surface area contributed by atoms with Crippen LogP contribution in [0.15, 0.2) is 24.3 Å². The predicted octanol–water partition coefficient (Wildman–Crippen LogP) is 3.05. The molecule has 1 aliphatic rings. The Bertz CT molecular complexity index is 521. The van der Waals surface area contributed by atoms with Crippen LogP contribution < -0.4 is 0 Å². The van der Waals surface area contributed by atoms with Gasteiger partial charge in [0.1, 0.15) is 0 Å². The molecule has 1 saturated heterocycles. The molecular weight excluding hydrogens is 307 g/mol. The van der Waals surface area contributed by atoms with Crippen molar-refractivity contribution in [1.29, 1.82) is 0 Å². The smallest absolute Gasteiger partial charge is 0.396 e. The summed E-state index contributed by atoms with van der Waals surface area (Å²) in [5.41, 5.74) is -0.921. The normalized spacial score (nSPS) is 26.4. The van der Waals surface area contributed by atoms with Gasteiger partial charge in [-0.2, -0.15) is 13.2 Å². The van der Waals surface area contributed by atoms with E-state index < -0.39 is 23.3 Å². The second-order valence-corrected chi connectivity index (χ2v) is 6.43. The van der Waals surface area contributed by atoms with Crippen LogP contribution in [0.3, 0.4) is 0 Å². The maximum atomic E-state index is 13.1. The summed E-state index contributed by atoms with van der Waals surface area (Å²) in [6.07, 6.45) is -2.93. The fraction of sp³-hybridized carbons (Fsp3) is 0.647. The van der Waals surface area contributed by atoms with Crippen molar-refractivity contribution in [3.8, 4) is 0 Å². The van der Waals surface area contributed by atoms with Gasteiger partial charge >= 0.3 is 6.18 Å². The average molecular weight is 331 g/mol. The van der Waals surface area contributed by atoms with Crippen molar-refractivity contribution >= 4 is 0 Å². The number of rotatable bonds is 5. The summed E-state index contributed by atoms with van der Waals surface area (Å²) in [5.74, 6) is 0. The van der Waals surface area contributed by atoms with Crippen molar-refractivity contribution in [2.75, 3.05) is 19.7 Å². The molecule has 0 amide bonds. The Labute approximate surface area is 134 Å². The van der Waals surface area contributed by atoms with Crippen LogP contribution in [-0.2, 0) is 12.7 Å². The highest BCUT2D eigenvalue weighted by molar-refractivity contribution is 5.29. The van der Waals surface area contributed by atoms with E-state index in [1.807, 2.05) is 11.8 Å². The minimum atomic E-state index is -4.37. The molecule has 1 aliphatic heterocycles. The molecule has 1 aromatic rings. The number of hydrogen-bond donors (Lipinski definition) is 2. The van der Waals surface area contributed by atoms with Crippen LogP contribution in [0.2, 0.25) is 0 Å². The van der Waals surface area contributed by atoms with Gasteiger partial charge in [0.2, 0.25) is 0 Å². The van der Waals surface area contributed by atoms with E-state index >= 15 is 0 Å². The minimum absolute atomic E-state index is 0.0883. The molecule has 1 heterocycles. The lowest BCUT2D eigenvalue weighted by molar-refractivity contribution is -0.138. The number of nitrogens with zero attached hydrogens (tertiary/aromatic N) is 1. The number of aliphatic hydroxyl groups is 2. The van der Waals surface area contributed by atoms with Crippen LogP contribution in [0.1, 0.15) is 37.3 Å². The zero-order chi connectivity index (χ0) is 17.1. The van der Waals surface area contributed by atoms with Crippen LogP contribution in [-0.4, -0.2) is 40.9 Å². The van der Waals surface area contributed by atoms with Gasteiger partial charge in [0.05, 0.1) is 18.3 Å². The first-order valence-electron chi connectivity index (χ1n) is 7.99. The van der Waals surface area contributed by atoms with Gasteiger partial charge in [0.25, 0.3) is 0 Å². The second kappa shape index (κ2) is 7.20. The van der Waals surface area contributed by atoms with Crippen molar-refractivity contribution in [2.24, 2.45) is 5.41 Å². The average Bonchev–Trinajstić information content (AvgIpc) is 2.50. The summed E-state index contributed by atoms with van der Waals surface area (Å²) in [7, 11) is 0. The van der Waals surface area contributed by atoms with E-state index in [0.29, 0.717) is 13.0 Å². The Balaban J connectivity index is 2.10. The first-order chi connectivity index (χ1) is 10.8. The second-order valence-electron chi connectivity index (χ2n) is 6.43. The molecule has 23 heavy (non-hydrogen) atoms. The molecule has 3 nitrogen and oxygen atoms in total. The largest absolute Gasteiger partial charge is 0.416 e. The van der Waals surface area contributed by atoms with E-state index in [-0.39, 0.29) is 25.3 Å². The van der Waals surface area contributed by atoms with Crippen LogP contribution in [0.5, 0.6) is 0 Å². The molecule has 130 valence electrons. The number of β-amino-alcohol motifs (C(OH)–C–C–N with tert-alkyl or cyclic N) is 1. The maximum absolute atomic E-state index is 13.1. The first-order valence-corrected chi connectivity index (χ1v) is 7.99. The Morgan fingerprint density at radius 3 is 2.57 bits per heavy atom. The van der Waals surface area contributed by atoms with E-state index in [9.17, 15) is 23.4 Å². The predicted molar refractivity (Wildman–Crippen MR) is 81.8 cm³/mol. The van der Waals surface area contributed by atoms with Gasteiger partial charge in [-0.15, -0.1) is 0 Å². The standard InChI is InChI=1S/C17H24F3NO2/c1-2-7-16(12-22)8-9-21(11-15(16)23)10-13-5-3-4-6-14(13)17(18,19)20/h3-6,15,22-23H,2,7-12H2,1H3/t15-,16-/m1/s1.